The molecule has 7 nitrogen and oxygen atoms in total. The third-order valence-corrected chi connectivity index (χ3v) is 7.23. The van der Waals surface area contributed by atoms with Crippen LogP contribution in [0.5, 0.6) is 0 Å². The normalized spacial score (nSPS) is 17.6. The topological polar surface area (TPSA) is 58.7 Å². The molecule has 7 heteroatoms. The molecule has 34 heavy (non-hydrogen) atoms. The lowest BCUT2D eigenvalue weighted by atomic mass is 10.0. The van der Waals surface area contributed by atoms with Crippen LogP contribution in [0.3, 0.4) is 0 Å². The quantitative estimate of drug-likeness (QED) is 0.458. The number of likely N-dealkylation sites (tertiary alicyclic amines) is 2. The molecule has 1 amide bonds. The molecule has 4 aromatic rings. The van der Waals surface area contributed by atoms with Crippen molar-refractivity contribution in [1.82, 2.24) is 28.7 Å². The van der Waals surface area contributed by atoms with Crippen LogP contribution in [0.1, 0.15) is 41.7 Å². The van der Waals surface area contributed by atoms with Crippen molar-refractivity contribution in [3.63, 3.8) is 0 Å². The van der Waals surface area contributed by atoms with Gasteiger partial charge in [-0.15, -0.1) is 0 Å². The lowest BCUT2D eigenvalue weighted by Gasteiger charge is -2.36. The molecule has 2 aliphatic heterocycles. The van der Waals surface area contributed by atoms with Gasteiger partial charge >= 0.3 is 0 Å². The Kier molecular flexibility index (Phi) is 5.63. The first kappa shape index (κ1) is 21.1. The molecule has 5 heterocycles. The number of rotatable bonds is 5. The summed E-state index contributed by atoms with van der Waals surface area (Å²) in [5, 5.41) is 0. The fraction of sp³-hybridized carbons (Fsp3) is 0.370. The molecule has 0 spiro atoms. The maximum atomic E-state index is 13.5. The molecule has 0 saturated carbocycles. The second kappa shape index (κ2) is 9.06. The van der Waals surface area contributed by atoms with E-state index in [9.17, 15) is 4.79 Å². The van der Waals surface area contributed by atoms with Gasteiger partial charge in [0.15, 0.2) is 11.5 Å². The highest BCUT2D eigenvalue weighted by atomic mass is 16.2. The maximum absolute atomic E-state index is 13.5. The first-order valence-corrected chi connectivity index (χ1v) is 12.3. The molecular formula is C27H30N6O. The largest absolute Gasteiger partial charge is 0.337 e. The SMILES string of the molecule is O=C(c1nc(-c2cn(Cc3ccccc3)cn2)n2ccccc12)N1CCC(N2CCCC2)CC1. The Hall–Kier alpha value is -3.45. The zero-order valence-electron chi connectivity index (χ0n) is 19.4. The number of pyridine rings is 1. The number of amides is 1. The summed E-state index contributed by atoms with van der Waals surface area (Å²) in [6.45, 7) is 4.77. The van der Waals surface area contributed by atoms with Crippen molar-refractivity contribution in [3.05, 3.63) is 78.5 Å². The third kappa shape index (κ3) is 4.01. The smallest absolute Gasteiger partial charge is 0.274 e. The number of fused-ring (bicyclic) bond motifs is 1. The van der Waals surface area contributed by atoms with Gasteiger partial charge in [0.05, 0.1) is 11.8 Å². The van der Waals surface area contributed by atoms with Crippen LogP contribution in [-0.2, 0) is 6.54 Å². The molecule has 0 unspecified atom stereocenters. The number of hydrogen-bond acceptors (Lipinski definition) is 4. The van der Waals surface area contributed by atoms with Gasteiger partial charge in [-0.25, -0.2) is 9.97 Å². The highest BCUT2D eigenvalue weighted by Crippen LogP contribution is 2.26. The van der Waals surface area contributed by atoms with E-state index in [1.165, 1.54) is 31.5 Å². The van der Waals surface area contributed by atoms with Crippen LogP contribution in [0, 0.1) is 0 Å². The van der Waals surface area contributed by atoms with E-state index in [0.29, 0.717) is 17.6 Å². The van der Waals surface area contributed by atoms with E-state index in [0.717, 1.165) is 43.7 Å². The highest BCUT2D eigenvalue weighted by Gasteiger charge is 2.30. The van der Waals surface area contributed by atoms with E-state index >= 15 is 0 Å². The average molecular weight is 455 g/mol. The standard InChI is InChI=1S/C27H30N6O/c34-27(32-16-11-22(12-17-32)31-13-6-7-14-31)25-24-10-4-5-15-33(24)26(29-25)23-19-30(20-28-23)18-21-8-2-1-3-9-21/h1-5,8-10,15,19-20,22H,6-7,11-14,16-18H2. The van der Waals surface area contributed by atoms with Gasteiger partial charge < -0.3 is 14.4 Å². The zero-order chi connectivity index (χ0) is 22.9. The lowest BCUT2D eigenvalue weighted by Crippen LogP contribution is -2.46. The third-order valence-electron chi connectivity index (χ3n) is 7.23. The number of carbonyl (C=O) groups excluding carboxylic acids is 1. The fourth-order valence-electron chi connectivity index (χ4n) is 5.42. The monoisotopic (exact) mass is 454 g/mol. The van der Waals surface area contributed by atoms with E-state index in [-0.39, 0.29) is 5.91 Å². The Morgan fingerprint density at radius 3 is 2.50 bits per heavy atom. The molecule has 0 atom stereocenters. The van der Waals surface area contributed by atoms with Crippen molar-refractivity contribution in [3.8, 4) is 11.5 Å². The van der Waals surface area contributed by atoms with Gasteiger partial charge in [-0.1, -0.05) is 36.4 Å². The van der Waals surface area contributed by atoms with Crippen LogP contribution in [0.4, 0.5) is 0 Å². The van der Waals surface area contributed by atoms with Crippen molar-refractivity contribution in [2.24, 2.45) is 0 Å². The number of hydrogen-bond donors (Lipinski definition) is 0. The number of piperidine rings is 1. The summed E-state index contributed by atoms with van der Waals surface area (Å²) in [4.78, 5) is 27.6. The van der Waals surface area contributed by atoms with Crippen molar-refractivity contribution >= 4 is 11.4 Å². The maximum Gasteiger partial charge on any atom is 0.274 e. The van der Waals surface area contributed by atoms with E-state index in [2.05, 4.69) is 26.6 Å². The van der Waals surface area contributed by atoms with Crippen LogP contribution in [0.25, 0.3) is 17.0 Å². The Balaban J connectivity index is 1.24. The van der Waals surface area contributed by atoms with Gasteiger partial charge in [0, 0.05) is 38.1 Å². The summed E-state index contributed by atoms with van der Waals surface area (Å²) < 4.78 is 4.04. The molecule has 0 N–H and O–H groups in total. The van der Waals surface area contributed by atoms with Crippen molar-refractivity contribution in [1.29, 1.82) is 0 Å². The predicted octanol–water partition coefficient (Wildman–Crippen LogP) is 3.95. The van der Waals surface area contributed by atoms with Crippen molar-refractivity contribution in [2.75, 3.05) is 26.2 Å². The summed E-state index contributed by atoms with van der Waals surface area (Å²) >= 11 is 0. The highest BCUT2D eigenvalue weighted by molar-refractivity contribution is 6.00. The number of imidazole rings is 2. The molecule has 2 fully saturated rings. The summed E-state index contributed by atoms with van der Waals surface area (Å²) in [7, 11) is 0. The molecule has 0 radical (unpaired) electrons. The van der Waals surface area contributed by atoms with E-state index < -0.39 is 0 Å². The van der Waals surface area contributed by atoms with Crippen LogP contribution in [0.15, 0.2) is 67.3 Å². The van der Waals surface area contributed by atoms with Crippen LogP contribution >= 0.6 is 0 Å². The first-order chi connectivity index (χ1) is 16.8. The lowest BCUT2D eigenvalue weighted by molar-refractivity contribution is 0.0641. The molecular weight excluding hydrogens is 424 g/mol. The number of aromatic nitrogens is 4. The van der Waals surface area contributed by atoms with Crippen molar-refractivity contribution < 1.29 is 4.79 Å². The molecule has 0 bridgehead atoms. The average Bonchev–Trinajstić information content (AvgIpc) is 3.65. The Labute approximate surface area is 199 Å². The number of nitrogens with zero attached hydrogens (tertiary/aromatic N) is 6. The Morgan fingerprint density at radius 2 is 1.71 bits per heavy atom. The molecule has 1 aromatic carbocycles. The summed E-state index contributed by atoms with van der Waals surface area (Å²) in [5.41, 5.74) is 3.34. The van der Waals surface area contributed by atoms with Crippen molar-refractivity contribution in [2.45, 2.75) is 38.3 Å². The zero-order valence-corrected chi connectivity index (χ0v) is 19.4. The molecule has 2 saturated heterocycles. The summed E-state index contributed by atoms with van der Waals surface area (Å²) in [6.07, 6.45) is 10.5. The van der Waals surface area contributed by atoms with Gasteiger partial charge in [-0.05, 0) is 56.5 Å². The van der Waals surface area contributed by atoms with Gasteiger partial charge in [0.2, 0.25) is 0 Å². The molecule has 6 rings (SSSR count). The molecule has 2 aliphatic rings. The van der Waals surface area contributed by atoms with E-state index in [1.807, 2.05) is 64.4 Å². The Morgan fingerprint density at radius 1 is 0.941 bits per heavy atom. The molecule has 3 aromatic heterocycles. The van der Waals surface area contributed by atoms with Gasteiger partial charge in [0.1, 0.15) is 5.69 Å². The van der Waals surface area contributed by atoms with Gasteiger partial charge in [-0.3, -0.25) is 9.20 Å². The van der Waals surface area contributed by atoms with Gasteiger partial charge in [-0.2, -0.15) is 0 Å². The second-order valence-corrected chi connectivity index (χ2v) is 9.42. The fourth-order valence-corrected chi connectivity index (χ4v) is 5.42. The van der Waals surface area contributed by atoms with Gasteiger partial charge in [0.25, 0.3) is 5.91 Å². The van der Waals surface area contributed by atoms with Crippen LogP contribution < -0.4 is 0 Å². The molecule has 0 aliphatic carbocycles. The predicted molar refractivity (Wildman–Crippen MR) is 132 cm³/mol. The second-order valence-electron chi connectivity index (χ2n) is 9.42. The summed E-state index contributed by atoms with van der Waals surface area (Å²) in [6, 6.07) is 16.8. The first-order valence-electron chi connectivity index (χ1n) is 12.3. The number of carbonyl (C=O) groups is 1. The Bertz CT molecular complexity index is 1280. The minimum atomic E-state index is 0.0264. The minimum absolute atomic E-state index is 0.0264. The summed E-state index contributed by atoms with van der Waals surface area (Å²) in [5.74, 6) is 0.733. The minimum Gasteiger partial charge on any atom is -0.337 e. The molecule has 174 valence electrons. The number of benzene rings is 1. The van der Waals surface area contributed by atoms with E-state index in [4.69, 9.17) is 4.98 Å². The van der Waals surface area contributed by atoms with Crippen LogP contribution in [-0.4, -0.2) is 66.9 Å². The van der Waals surface area contributed by atoms with Crippen LogP contribution in [0.2, 0.25) is 0 Å². The van der Waals surface area contributed by atoms with E-state index in [1.54, 1.807) is 0 Å².